The van der Waals surface area contributed by atoms with Crippen LogP contribution in [0.25, 0.3) is 0 Å². The van der Waals surface area contributed by atoms with Crippen LogP contribution in [0.3, 0.4) is 0 Å². The number of hydrogen-bond acceptors (Lipinski definition) is 4. The maximum Gasteiger partial charge on any atom is 0.267 e. The van der Waals surface area contributed by atoms with Crippen LogP contribution in [-0.2, 0) is 6.54 Å². The molecule has 0 saturated heterocycles. The monoisotopic (exact) mass is 265 g/mol. The normalized spacial score (nSPS) is 19.4. The van der Waals surface area contributed by atoms with Crippen molar-refractivity contribution in [3.05, 3.63) is 22.1 Å². The summed E-state index contributed by atoms with van der Waals surface area (Å²) in [6.45, 7) is 2.63. The first-order valence-electron chi connectivity index (χ1n) is 6.20. The molecule has 0 radical (unpaired) electrons. The van der Waals surface area contributed by atoms with E-state index in [4.69, 9.17) is 0 Å². The summed E-state index contributed by atoms with van der Waals surface area (Å²) in [5, 5.41) is 3.61. The zero-order valence-corrected chi connectivity index (χ0v) is 11.0. The van der Waals surface area contributed by atoms with E-state index in [2.05, 4.69) is 10.3 Å². The van der Waals surface area contributed by atoms with Gasteiger partial charge in [-0.25, -0.2) is 4.98 Å². The number of nitrogens with zero attached hydrogens (tertiary/aromatic N) is 2. The number of carbonyl (C=O) groups excluding carboxylic acids is 1. The highest BCUT2D eigenvalue weighted by molar-refractivity contribution is 7.99. The van der Waals surface area contributed by atoms with Gasteiger partial charge in [-0.2, -0.15) is 0 Å². The van der Waals surface area contributed by atoms with E-state index in [0.717, 1.165) is 5.75 Å². The van der Waals surface area contributed by atoms with E-state index in [1.807, 2.05) is 6.92 Å². The second-order valence-electron chi connectivity index (χ2n) is 4.86. The molecule has 1 fully saturated rings. The third-order valence-electron chi connectivity index (χ3n) is 3.49. The minimum atomic E-state index is -0.292. The van der Waals surface area contributed by atoms with E-state index in [1.165, 1.54) is 19.0 Å². The zero-order chi connectivity index (χ0) is 12.7. The van der Waals surface area contributed by atoms with Crippen molar-refractivity contribution in [3.63, 3.8) is 0 Å². The smallest absolute Gasteiger partial charge is 0.267 e. The first-order chi connectivity index (χ1) is 8.66. The molecule has 3 rings (SSSR count). The number of fused-ring (bicyclic) bond motifs is 1. The third-order valence-corrected chi connectivity index (χ3v) is 4.46. The summed E-state index contributed by atoms with van der Waals surface area (Å²) in [5.41, 5.74) is -0.0563. The summed E-state index contributed by atoms with van der Waals surface area (Å²) >= 11 is 1.55. The Morgan fingerprint density at radius 1 is 1.61 bits per heavy atom. The number of aromatic nitrogens is 2. The molecule has 0 spiro atoms. The molecule has 6 heteroatoms. The molecule has 18 heavy (non-hydrogen) atoms. The highest BCUT2D eigenvalue weighted by atomic mass is 32.2. The molecule has 1 aromatic heterocycles. The lowest BCUT2D eigenvalue weighted by atomic mass is 10.2. The highest BCUT2D eigenvalue weighted by Crippen LogP contribution is 2.32. The Hall–Kier alpha value is -1.30. The van der Waals surface area contributed by atoms with Crippen LogP contribution >= 0.6 is 11.8 Å². The number of hydrogen-bond donors (Lipinski definition) is 1. The van der Waals surface area contributed by atoms with Crippen LogP contribution in [0.15, 0.2) is 16.1 Å². The lowest BCUT2D eigenvalue weighted by Gasteiger charge is -2.12. The second-order valence-corrected chi connectivity index (χ2v) is 5.92. The SMILES string of the molecule is C[C@@H](NC(=O)c1cnc2n(c1=O)CCS2)C1CC1. The minimum absolute atomic E-state index is 0.143. The summed E-state index contributed by atoms with van der Waals surface area (Å²) in [6.07, 6.45) is 3.74. The molecule has 1 amide bonds. The quantitative estimate of drug-likeness (QED) is 0.824. The van der Waals surface area contributed by atoms with Crippen LogP contribution in [0.5, 0.6) is 0 Å². The van der Waals surface area contributed by atoms with E-state index < -0.39 is 0 Å². The summed E-state index contributed by atoms with van der Waals surface area (Å²) in [4.78, 5) is 28.3. The highest BCUT2D eigenvalue weighted by Gasteiger charge is 2.30. The zero-order valence-electron chi connectivity index (χ0n) is 10.2. The van der Waals surface area contributed by atoms with Crippen molar-refractivity contribution in [1.29, 1.82) is 0 Å². The molecule has 1 saturated carbocycles. The Kier molecular flexibility index (Phi) is 2.89. The number of nitrogens with one attached hydrogen (secondary N) is 1. The van der Waals surface area contributed by atoms with E-state index >= 15 is 0 Å². The molecule has 1 aromatic rings. The number of thioether (sulfide) groups is 1. The predicted octanol–water partition coefficient (Wildman–Crippen LogP) is 0.877. The van der Waals surface area contributed by atoms with Gasteiger partial charge in [-0.15, -0.1) is 0 Å². The molecular weight excluding hydrogens is 250 g/mol. The van der Waals surface area contributed by atoms with Gasteiger partial charge in [0.25, 0.3) is 11.5 Å². The number of amides is 1. The van der Waals surface area contributed by atoms with Gasteiger partial charge in [0, 0.05) is 24.5 Å². The van der Waals surface area contributed by atoms with Crippen molar-refractivity contribution >= 4 is 17.7 Å². The first-order valence-corrected chi connectivity index (χ1v) is 7.19. The van der Waals surface area contributed by atoms with Gasteiger partial charge in [0.2, 0.25) is 0 Å². The molecule has 1 aliphatic carbocycles. The molecule has 2 heterocycles. The second kappa shape index (κ2) is 4.42. The summed E-state index contributed by atoms with van der Waals surface area (Å²) in [7, 11) is 0. The Morgan fingerprint density at radius 3 is 3.11 bits per heavy atom. The minimum Gasteiger partial charge on any atom is -0.349 e. The Bertz CT molecular complexity index is 551. The molecule has 96 valence electrons. The van der Waals surface area contributed by atoms with Crippen molar-refractivity contribution in [3.8, 4) is 0 Å². The number of carbonyl (C=O) groups is 1. The van der Waals surface area contributed by atoms with Gasteiger partial charge < -0.3 is 5.32 Å². The summed E-state index contributed by atoms with van der Waals surface area (Å²) < 4.78 is 1.58. The van der Waals surface area contributed by atoms with Crippen LogP contribution in [0.4, 0.5) is 0 Å². The van der Waals surface area contributed by atoms with Crippen molar-refractivity contribution in [2.75, 3.05) is 5.75 Å². The molecule has 5 nitrogen and oxygen atoms in total. The lowest BCUT2D eigenvalue weighted by molar-refractivity contribution is 0.0933. The van der Waals surface area contributed by atoms with Crippen LogP contribution in [0, 0.1) is 5.92 Å². The molecule has 1 aliphatic heterocycles. The van der Waals surface area contributed by atoms with Gasteiger partial charge in [0.1, 0.15) is 5.56 Å². The van der Waals surface area contributed by atoms with Crippen LogP contribution in [-0.4, -0.2) is 27.3 Å². The molecule has 0 unspecified atom stereocenters. The molecule has 1 atom stereocenters. The summed E-state index contributed by atoms with van der Waals surface area (Å²) in [6, 6.07) is 0.143. The van der Waals surface area contributed by atoms with Crippen molar-refractivity contribution in [2.24, 2.45) is 5.92 Å². The van der Waals surface area contributed by atoms with E-state index in [-0.39, 0.29) is 23.1 Å². The molecule has 1 N–H and O–H groups in total. The molecule has 0 bridgehead atoms. The van der Waals surface area contributed by atoms with Gasteiger partial charge in [-0.3, -0.25) is 14.2 Å². The molecular formula is C12H15N3O2S. The van der Waals surface area contributed by atoms with Crippen LogP contribution < -0.4 is 10.9 Å². The van der Waals surface area contributed by atoms with Crippen molar-refractivity contribution < 1.29 is 4.79 Å². The van der Waals surface area contributed by atoms with Gasteiger partial charge in [-0.1, -0.05) is 11.8 Å². The largest absolute Gasteiger partial charge is 0.349 e. The molecule has 0 aromatic carbocycles. The average Bonchev–Trinajstić information content (AvgIpc) is 3.08. The fraction of sp³-hybridized carbons (Fsp3) is 0.583. The standard InChI is InChI=1S/C12H15N3O2S/c1-7(8-2-3-8)14-10(16)9-6-13-12-15(11(9)17)4-5-18-12/h6-8H,2-5H2,1H3,(H,14,16)/t7-/m1/s1. The van der Waals surface area contributed by atoms with Crippen LogP contribution in [0.1, 0.15) is 30.1 Å². The maximum atomic E-state index is 12.1. The fourth-order valence-corrected chi connectivity index (χ4v) is 3.09. The van der Waals surface area contributed by atoms with E-state index in [0.29, 0.717) is 17.6 Å². The lowest BCUT2D eigenvalue weighted by Crippen LogP contribution is -2.38. The van der Waals surface area contributed by atoms with Crippen molar-refractivity contribution in [1.82, 2.24) is 14.9 Å². The Labute approximate surface area is 109 Å². The Morgan fingerprint density at radius 2 is 2.39 bits per heavy atom. The first kappa shape index (κ1) is 11.8. The number of rotatable bonds is 3. The topological polar surface area (TPSA) is 64.0 Å². The fourth-order valence-electron chi connectivity index (χ4n) is 2.17. The van der Waals surface area contributed by atoms with Gasteiger partial charge in [0.05, 0.1) is 0 Å². The van der Waals surface area contributed by atoms with Gasteiger partial charge in [-0.05, 0) is 25.7 Å². The third kappa shape index (κ3) is 2.05. The van der Waals surface area contributed by atoms with Crippen molar-refractivity contribution in [2.45, 2.75) is 37.5 Å². The average molecular weight is 265 g/mol. The van der Waals surface area contributed by atoms with Gasteiger partial charge >= 0.3 is 0 Å². The predicted molar refractivity (Wildman–Crippen MR) is 68.9 cm³/mol. The van der Waals surface area contributed by atoms with Crippen LogP contribution in [0.2, 0.25) is 0 Å². The van der Waals surface area contributed by atoms with E-state index in [9.17, 15) is 9.59 Å². The maximum absolute atomic E-state index is 12.1. The van der Waals surface area contributed by atoms with Gasteiger partial charge in [0.15, 0.2) is 5.16 Å². The summed E-state index contributed by atoms with van der Waals surface area (Å²) in [5.74, 6) is 1.14. The van der Waals surface area contributed by atoms with E-state index in [1.54, 1.807) is 16.3 Å². The Balaban J connectivity index is 1.83. The molecule has 2 aliphatic rings.